The average molecular weight is 272 g/mol. The van der Waals surface area contributed by atoms with Crippen molar-refractivity contribution < 1.29 is 13.2 Å². The Balaban J connectivity index is 3.01. The molecule has 1 aromatic carbocycles. The Bertz CT molecular complexity index is 500. The number of benzene rings is 1. The Hall–Kier alpha value is -1.11. The summed E-state index contributed by atoms with van der Waals surface area (Å²) in [6, 6.07) is 4.84. The van der Waals surface area contributed by atoms with Crippen molar-refractivity contribution in [1.29, 1.82) is 0 Å². The summed E-state index contributed by atoms with van der Waals surface area (Å²) in [4.78, 5) is 0.278. The lowest BCUT2D eigenvalue weighted by molar-refractivity contribution is 0.411. The zero-order chi connectivity index (χ0) is 13.8. The van der Waals surface area contributed by atoms with E-state index < -0.39 is 10.0 Å². The van der Waals surface area contributed by atoms with Gasteiger partial charge in [-0.2, -0.15) is 0 Å². The van der Waals surface area contributed by atoms with Crippen molar-refractivity contribution >= 4 is 10.0 Å². The van der Waals surface area contributed by atoms with E-state index in [0.717, 1.165) is 5.56 Å². The minimum Gasteiger partial charge on any atom is -0.496 e. The van der Waals surface area contributed by atoms with Crippen LogP contribution in [-0.4, -0.2) is 40.0 Å². The summed E-state index contributed by atoms with van der Waals surface area (Å²) in [7, 11) is -0.317. The first-order valence-electron chi connectivity index (χ1n) is 5.74. The number of rotatable bonds is 6. The van der Waals surface area contributed by atoms with Crippen LogP contribution in [0.2, 0.25) is 0 Å². The monoisotopic (exact) mass is 272 g/mol. The zero-order valence-electron chi connectivity index (χ0n) is 11.0. The molecule has 0 aliphatic rings. The third kappa shape index (κ3) is 3.22. The van der Waals surface area contributed by atoms with E-state index in [1.165, 1.54) is 4.31 Å². The first-order chi connectivity index (χ1) is 8.43. The third-order valence-corrected chi connectivity index (χ3v) is 4.60. The Kier molecular flexibility index (Phi) is 5.13. The molecular formula is C12H20N2O3S. The highest BCUT2D eigenvalue weighted by Gasteiger charge is 2.20. The molecule has 0 saturated heterocycles. The second kappa shape index (κ2) is 6.17. The predicted molar refractivity (Wildman–Crippen MR) is 71.2 cm³/mol. The summed E-state index contributed by atoms with van der Waals surface area (Å²) in [5.74, 6) is 0.679. The smallest absolute Gasteiger partial charge is 0.242 e. The highest BCUT2D eigenvalue weighted by atomic mass is 32.2. The van der Waals surface area contributed by atoms with Crippen LogP contribution < -0.4 is 10.5 Å². The molecule has 0 radical (unpaired) electrons. The highest BCUT2D eigenvalue weighted by Crippen LogP contribution is 2.23. The van der Waals surface area contributed by atoms with Crippen LogP contribution in [0.15, 0.2) is 23.1 Å². The second-order valence-electron chi connectivity index (χ2n) is 4.10. The lowest BCUT2D eigenvalue weighted by atomic mass is 10.2. The molecule has 2 N–H and O–H groups in total. The van der Waals surface area contributed by atoms with Crippen molar-refractivity contribution in [2.45, 2.75) is 18.2 Å². The first-order valence-corrected chi connectivity index (χ1v) is 7.18. The SMILES string of the molecule is COc1ccc(S(=O)(=O)N(C)CCCN)cc1C. The normalized spacial score (nSPS) is 11.8. The van der Waals surface area contributed by atoms with Gasteiger partial charge in [0.25, 0.3) is 0 Å². The summed E-state index contributed by atoms with van der Waals surface area (Å²) in [6.45, 7) is 2.71. The number of aryl methyl sites for hydroxylation is 1. The number of nitrogens with zero attached hydrogens (tertiary/aromatic N) is 1. The molecule has 0 aliphatic heterocycles. The van der Waals surface area contributed by atoms with Crippen molar-refractivity contribution in [3.63, 3.8) is 0 Å². The minimum absolute atomic E-state index is 0.278. The van der Waals surface area contributed by atoms with Crippen LogP contribution in [0.25, 0.3) is 0 Å². The minimum atomic E-state index is -3.44. The van der Waals surface area contributed by atoms with Crippen LogP contribution in [0.4, 0.5) is 0 Å². The van der Waals surface area contributed by atoms with Gasteiger partial charge in [-0.25, -0.2) is 12.7 Å². The maximum Gasteiger partial charge on any atom is 0.242 e. The van der Waals surface area contributed by atoms with Crippen LogP contribution in [0.1, 0.15) is 12.0 Å². The fraction of sp³-hybridized carbons (Fsp3) is 0.500. The molecule has 6 heteroatoms. The van der Waals surface area contributed by atoms with Gasteiger partial charge in [-0.3, -0.25) is 0 Å². The van der Waals surface area contributed by atoms with Crippen LogP contribution in [0, 0.1) is 6.92 Å². The van der Waals surface area contributed by atoms with E-state index >= 15 is 0 Å². The third-order valence-electron chi connectivity index (χ3n) is 2.75. The summed E-state index contributed by atoms with van der Waals surface area (Å²) in [5, 5.41) is 0. The average Bonchev–Trinajstić information content (AvgIpc) is 2.35. The molecule has 18 heavy (non-hydrogen) atoms. The Morgan fingerprint density at radius 2 is 2.06 bits per heavy atom. The van der Waals surface area contributed by atoms with Gasteiger partial charge in [-0.15, -0.1) is 0 Å². The van der Waals surface area contributed by atoms with E-state index in [2.05, 4.69) is 0 Å². The molecular weight excluding hydrogens is 252 g/mol. The molecule has 1 aromatic rings. The summed E-state index contributed by atoms with van der Waals surface area (Å²) in [6.07, 6.45) is 0.644. The van der Waals surface area contributed by atoms with Gasteiger partial charge in [0.2, 0.25) is 10.0 Å². The molecule has 0 unspecified atom stereocenters. The van der Waals surface area contributed by atoms with Crippen LogP contribution in [0.3, 0.4) is 0 Å². The molecule has 102 valence electrons. The molecule has 0 aromatic heterocycles. The van der Waals surface area contributed by atoms with E-state index in [-0.39, 0.29) is 4.90 Å². The molecule has 0 fully saturated rings. The molecule has 0 amide bonds. The van der Waals surface area contributed by atoms with Crippen LogP contribution >= 0.6 is 0 Å². The topological polar surface area (TPSA) is 72.6 Å². The van der Waals surface area contributed by atoms with Gasteiger partial charge in [0.1, 0.15) is 5.75 Å². The molecule has 0 heterocycles. The summed E-state index contributed by atoms with van der Waals surface area (Å²) >= 11 is 0. The summed E-state index contributed by atoms with van der Waals surface area (Å²) in [5.41, 5.74) is 6.18. The van der Waals surface area contributed by atoms with E-state index in [4.69, 9.17) is 10.5 Å². The van der Waals surface area contributed by atoms with E-state index in [9.17, 15) is 8.42 Å². The van der Waals surface area contributed by atoms with Gasteiger partial charge in [-0.05, 0) is 43.7 Å². The lowest BCUT2D eigenvalue weighted by Crippen LogP contribution is -2.29. The number of hydrogen-bond donors (Lipinski definition) is 1. The Morgan fingerprint density at radius 3 is 2.56 bits per heavy atom. The molecule has 0 atom stereocenters. The Labute approximate surface area is 109 Å². The maximum atomic E-state index is 12.2. The zero-order valence-corrected chi connectivity index (χ0v) is 11.8. The van der Waals surface area contributed by atoms with Gasteiger partial charge in [-0.1, -0.05) is 0 Å². The highest BCUT2D eigenvalue weighted by molar-refractivity contribution is 7.89. The molecule has 0 spiro atoms. The molecule has 0 bridgehead atoms. The Morgan fingerprint density at radius 1 is 1.39 bits per heavy atom. The van der Waals surface area contributed by atoms with Gasteiger partial charge in [0, 0.05) is 13.6 Å². The van der Waals surface area contributed by atoms with Crippen LogP contribution in [0.5, 0.6) is 5.75 Å². The standard InChI is InChI=1S/C12H20N2O3S/c1-10-9-11(5-6-12(10)17-3)18(15,16)14(2)8-4-7-13/h5-6,9H,4,7-8,13H2,1-3H3. The van der Waals surface area contributed by atoms with Gasteiger partial charge in [0.05, 0.1) is 12.0 Å². The molecule has 1 rings (SSSR count). The predicted octanol–water partition coefficient (Wildman–Crippen LogP) is 0.973. The molecule has 0 saturated carbocycles. The fourth-order valence-electron chi connectivity index (χ4n) is 1.63. The van der Waals surface area contributed by atoms with Crippen LogP contribution in [-0.2, 0) is 10.0 Å². The number of nitrogens with two attached hydrogens (primary N) is 1. The number of ether oxygens (including phenoxy) is 1. The lowest BCUT2D eigenvalue weighted by Gasteiger charge is -2.17. The van der Waals surface area contributed by atoms with Gasteiger partial charge < -0.3 is 10.5 Å². The van der Waals surface area contributed by atoms with E-state index in [0.29, 0.717) is 25.3 Å². The number of sulfonamides is 1. The first kappa shape index (κ1) is 14.9. The molecule has 5 nitrogen and oxygen atoms in total. The van der Waals surface area contributed by atoms with E-state index in [1.807, 2.05) is 6.92 Å². The fourth-order valence-corrected chi connectivity index (χ4v) is 2.92. The van der Waals surface area contributed by atoms with Crippen molar-refractivity contribution in [3.8, 4) is 5.75 Å². The van der Waals surface area contributed by atoms with Crippen molar-refractivity contribution in [3.05, 3.63) is 23.8 Å². The summed E-state index contributed by atoms with van der Waals surface area (Å²) < 4.78 is 30.9. The largest absolute Gasteiger partial charge is 0.496 e. The second-order valence-corrected chi connectivity index (χ2v) is 6.15. The van der Waals surface area contributed by atoms with Gasteiger partial charge >= 0.3 is 0 Å². The van der Waals surface area contributed by atoms with Crippen molar-refractivity contribution in [2.75, 3.05) is 27.2 Å². The van der Waals surface area contributed by atoms with Crippen molar-refractivity contribution in [2.24, 2.45) is 5.73 Å². The van der Waals surface area contributed by atoms with Crippen molar-refractivity contribution in [1.82, 2.24) is 4.31 Å². The molecule has 0 aliphatic carbocycles. The number of hydrogen-bond acceptors (Lipinski definition) is 4. The van der Waals surface area contributed by atoms with E-state index in [1.54, 1.807) is 32.4 Å². The van der Waals surface area contributed by atoms with Gasteiger partial charge in [0.15, 0.2) is 0 Å². The number of methoxy groups -OCH3 is 1. The quantitative estimate of drug-likeness (QED) is 0.837. The maximum absolute atomic E-state index is 12.2.